The molecule has 114 valence electrons. The van der Waals surface area contributed by atoms with Gasteiger partial charge in [-0.25, -0.2) is 4.39 Å². The maximum Gasteiger partial charge on any atom is 0.314 e. The minimum Gasteiger partial charge on any atom is -0.429 e. The Balaban J connectivity index is 1.68. The molecule has 1 unspecified atom stereocenters. The number of alkyl halides is 1. The van der Waals surface area contributed by atoms with E-state index in [1.54, 1.807) is 0 Å². The van der Waals surface area contributed by atoms with E-state index in [-0.39, 0.29) is 0 Å². The van der Waals surface area contributed by atoms with Gasteiger partial charge in [0.1, 0.15) is 5.75 Å². The van der Waals surface area contributed by atoms with E-state index in [9.17, 15) is 17.6 Å². The SMILES string of the molecule is O=C(OC(F)CS(=O)(=O)O)C12CC3CC(CC(C3)C1)C2. The summed E-state index contributed by atoms with van der Waals surface area (Å²) in [5.41, 5.74) is -0.613. The van der Waals surface area contributed by atoms with E-state index >= 15 is 0 Å². The highest BCUT2D eigenvalue weighted by molar-refractivity contribution is 7.85. The van der Waals surface area contributed by atoms with E-state index in [0.717, 1.165) is 38.5 Å². The van der Waals surface area contributed by atoms with E-state index in [4.69, 9.17) is 4.55 Å². The van der Waals surface area contributed by atoms with Crippen molar-refractivity contribution in [3.05, 3.63) is 0 Å². The molecule has 0 aliphatic heterocycles. The molecule has 1 atom stereocenters. The van der Waals surface area contributed by atoms with Crippen molar-refractivity contribution in [1.29, 1.82) is 0 Å². The number of ether oxygens (including phenoxy) is 1. The number of rotatable bonds is 4. The highest BCUT2D eigenvalue weighted by Crippen LogP contribution is 2.60. The first-order valence-electron chi connectivity index (χ1n) is 7.06. The number of halogens is 1. The summed E-state index contributed by atoms with van der Waals surface area (Å²) in [4.78, 5) is 12.3. The molecule has 1 N–H and O–H groups in total. The van der Waals surface area contributed by atoms with Crippen LogP contribution in [0.3, 0.4) is 0 Å². The Morgan fingerprint density at radius 1 is 1.20 bits per heavy atom. The number of hydrogen-bond donors (Lipinski definition) is 1. The van der Waals surface area contributed by atoms with E-state index < -0.39 is 33.6 Å². The van der Waals surface area contributed by atoms with Crippen molar-refractivity contribution in [3.63, 3.8) is 0 Å². The van der Waals surface area contributed by atoms with Gasteiger partial charge in [0.15, 0.2) is 0 Å². The predicted octanol–water partition coefficient (Wildman–Crippen LogP) is 1.93. The molecule has 0 spiro atoms. The molecule has 4 fully saturated rings. The Labute approximate surface area is 117 Å². The van der Waals surface area contributed by atoms with Gasteiger partial charge in [-0.15, -0.1) is 0 Å². The second-order valence-corrected chi connectivity index (χ2v) is 8.26. The Kier molecular flexibility index (Phi) is 3.32. The van der Waals surface area contributed by atoms with Crippen LogP contribution in [0.2, 0.25) is 0 Å². The molecule has 4 aliphatic carbocycles. The molecule has 0 amide bonds. The third-order valence-corrected chi connectivity index (χ3v) is 5.73. The monoisotopic (exact) mass is 306 g/mol. The van der Waals surface area contributed by atoms with Gasteiger partial charge >= 0.3 is 5.97 Å². The summed E-state index contributed by atoms with van der Waals surface area (Å²) >= 11 is 0. The number of carbonyl (C=O) groups is 1. The van der Waals surface area contributed by atoms with Gasteiger partial charge in [-0.1, -0.05) is 0 Å². The molecule has 0 heterocycles. The zero-order valence-electron chi connectivity index (χ0n) is 11.1. The third kappa shape index (κ3) is 2.70. The average molecular weight is 306 g/mol. The first-order chi connectivity index (χ1) is 9.26. The highest BCUT2D eigenvalue weighted by atomic mass is 32.2. The molecule has 4 bridgehead atoms. The molecule has 4 rings (SSSR count). The Hall–Kier alpha value is -0.690. The van der Waals surface area contributed by atoms with Crippen LogP contribution in [0.15, 0.2) is 0 Å². The van der Waals surface area contributed by atoms with Crippen LogP contribution in [-0.4, -0.2) is 31.1 Å². The molecule has 5 nitrogen and oxygen atoms in total. The number of carbonyl (C=O) groups excluding carboxylic acids is 1. The van der Waals surface area contributed by atoms with Crippen molar-refractivity contribution in [3.8, 4) is 0 Å². The van der Waals surface area contributed by atoms with E-state index in [1.165, 1.54) is 0 Å². The Morgan fingerprint density at radius 3 is 2.05 bits per heavy atom. The molecule has 20 heavy (non-hydrogen) atoms. The van der Waals surface area contributed by atoms with Crippen molar-refractivity contribution in [2.45, 2.75) is 44.9 Å². The minimum absolute atomic E-state index is 0.522. The lowest BCUT2D eigenvalue weighted by Crippen LogP contribution is -2.51. The molecule has 0 radical (unpaired) electrons. The molecule has 4 saturated carbocycles. The van der Waals surface area contributed by atoms with Gasteiger partial charge in [0.2, 0.25) is 0 Å². The molecule has 7 heteroatoms. The first kappa shape index (κ1) is 14.3. The Bertz CT molecular complexity index is 480. The van der Waals surface area contributed by atoms with Gasteiger partial charge < -0.3 is 4.74 Å². The molecular weight excluding hydrogens is 287 g/mol. The van der Waals surface area contributed by atoms with Crippen molar-refractivity contribution in [2.24, 2.45) is 23.2 Å². The van der Waals surface area contributed by atoms with Crippen molar-refractivity contribution < 1.29 is 26.9 Å². The number of hydrogen-bond acceptors (Lipinski definition) is 4. The summed E-state index contributed by atoms with van der Waals surface area (Å²) in [6.07, 6.45) is 3.36. The van der Waals surface area contributed by atoms with Crippen LogP contribution in [-0.2, 0) is 19.6 Å². The topological polar surface area (TPSA) is 80.7 Å². The number of esters is 1. The van der Waals surface area contributed by atoms with Gasteiger partial charge in [0, 0.05) is 0 Å². The Morgan fingerprint density at radius 2 is 1.65 bits per heavy atom. The molecule has 0 aromatic heterocycles. The van der Waals surface area contributed by atoms with Crippen molar-refractivity contribution in [1.82, 2.24) is 0 Å². The van der Waals surface area contributed by atoms with E-state index in [1.807, 2.05) is 0 Å². The smallest absolute Gasteiger partial charge is 0.314 e. The summed E-state index contributed by atoms with van der Waals surface area (Å²) in [5, 5.41) is 0. The summed E-state index contributed by atoms with van der Waals surface area (Å²) in [7, 11) is -4.48. The standard InChI is InChI=1S/C13H19FO5S/c14-11(7-20(16,17)18)19-12(15)13-4-8-1-9(5-13)3-10(2-8)6-13/h8-11H,1-7H2,(H,16,17,18). The first-order valence-corrected chi connectivity index (χ1v) is 8.67. The molecule has 0 saturated heterocycles. The van der Waals surface area contributed by atoms with Crippen LogP contribution in [0.5, 0.6) is 0 Å². The average Bonchev–Trinajstić information content (AvgIpc) is 2.23. The fourth-order valence-corrected chi connectivity index (χ4v) is 5.20. The van der Waals surface area contributed by atoms with E-state index in [0.29, 0.717) is 17.8 Å². The fraction of sp³-hybridized carbons (Fsp3) is 0.923. The predicted molar refractivity (Wildman–Crippen MR) is 68.0 cm³/mol. The normalized spacial score (nSPS) is 40.6. The van der Waals surface area contributed by atoms with Crippen molar-refractivity contribution in [2.75, 3.05) is 5.75 Å². The lowest BCUT2D eigenvalue weighted by atomic mass is 9.49. The minimum atomic E-state index is -4.48. The van der Waals surface area contributed by atoms with Gasteiger partial charge in [-0.05, 0) is 56.3 Å². The van der Waals surface area contributed by atoms with Crippen LogP contribution in [0.25, 0.3) is 0 Å². The van der Waals surface area contributed by atoms with Gasteiger partial charge in [-0.2, -0.15) is 8.42 Å². The summed E-state index contributed by atoms with van der Waals surface area (Å²) in [6, 6.07) is 0. The van der Waals surface area contributed by atoms with Crippen LogP contribution < -0.4 is 0 Å². The van der Waals surface area contributed by atoms with E-state index in [2.05, 4.69) is 4.74 Å². The zero-order valence-corrected chi connectivity index (χ0v) is 11.9. The van der Waals surface area contributed by atoms with Crippen LogP contribution in [0.1, 0.15) is 38.5 Å². The zero-order chi connectivity index (χ0) is 14.5. The fourth-order valence-electron chi connectivity index (χ4n) is 4.80. The lowest BCUT2D eigenvalue weighted by molar-refractivity contribution is -0.183. The molecule has 0 aromatic rings. The summed E-state index contributed by atoms with van der Waals surface area (Å²) in [5.74, 6) is -0.242. The van der Waals surface area contributed by atoms with Crippen LogP contribution >= 0.6 is 0 Å². The van der Waals surface area contributed by atoms with Crippen LogP contribution in [0, 0.1) is 23.2 Å². The van der Waals surface area contributed by atoms with Gasteiger partial charge in [0.25, 0.3) is 16.5 Å². The molecular formula is C13H19FO5S. The molecule has 4 aliphatic rings. The highest BCUT2D eigenvalue weighted by Gasteiger charge is 2.55. The van der Waals surface area contributed by atoms with Gasteiger partial charge in [0.05, 0.1) is 5.41 Å². The summed E-state index contributed by atoms with van der Waals surface area (Å²) in [6.45, 7) is 0. The second-order valence-electron chi connectivity index (χ2n) is 6.76. The quantitative estimate of drug-likeness (QED) is 0.634. The second kappa shape index (κ2) is 4.66. The maximum atomic E-state index is 13.5. The maximum absolute atomic E-state index is 13.5. The third-order valence-electron chi connectivity index (χ3n) is 5.05. The van der Waals surface area contributed by atoms with Crippen molar-refractivity contribution >= 4 is 16.1 Å². The lowest BCUT2D eigenvalue weighted by Gasteiger charge is -2.55. The van der Waals surface area contributed by atoms with Gasteiger partial charge in [-0.3, -0.25) is 9.35 Å². The summed E-state index contributed by atoms with van der Waals surface area (Å²) < 4.78 is 47.9. The molecule has 0 aromatic carbocycles. The van der Waals surface area contributed by atoms with Crippen LogP contribution in [0.4, 0.5) is 4.39 Å². The largest absolute Gasteiger partial charge is 0.429 e.